The van der Waals surface area contributed by atoms with E-state index in [-0.39, 0.29) is 5.92 Å². The van der Waals surface area contributed by atoms with Gasteiger partial charge >= 0.3 is 0 Å². The van der Waals surface area contributed by atoms with Gasteiger partial charge in [0.25, 0.3) is 0 Å². The molecule has 1 atom stereocenters. The van der Waals surface area contributed by atoms with Crippen LogP contribution in [0.5, 0.6) is 0 Å². The standard InChI is InChI=1S/C66H46N2/c1-5-21-47(22-6-1)63-35-36-64(48-23-7-2-8-24-48)67(63)53-39-51-41-60-52(42-59(51)61(43-53)57-33-17-29-45-19-13-15-31-55(45)57)40-54(44-62(60)58-34-18-30-46-20-14-16-32-56(46)58)68-65(49-25-9-3-10-26-49)37-38-66(68)50-27-11-4-12-28-50/h1-27,29-44,50H,28H2. The van der Waals surface area contributed by atoms with Crippen molar-refractivity contribution >= 4 is 43.1 Å². The summed E-state index contributed by atoms with van der Waals surface area (Å²) in [6.07, 6.45) is 9.97. The Morgan fingerprint density at radius 3 is 1.25 bits per heavy atom. The van der Waals surface area contributed by atoms with Crippen LogP contribution < -0.4 is 0 Å². The molecule has 1 aliphatic carbocycles. The van der Waals surface area contributed by atoms with Gasteiger partial charge in [-0.2, -0.15) is 0 Å². The van der Waals surface area contributed by atoms with E-state index in [0.29, 0.717) is 0 Å². The van der Waals surface area contributed by atoms with Gasteiger partial charge in [-0.15, -0.1) is 0 Å². The molecule has 1 unspecified atom stereocenters. The third-order valence-electron chi connectivity index (χ3n) is 14.0. The summed E-state index contributed by atoms with van der Waals surface area (Å²) in [7, 11) is 0. The molecule has 0 saturated heterocycles. The number of nitrogens with zero attached hydrogens (tertiary/aromatic N) is 2. The van der Waals surface area contributed by atoms with Crippen LogP contribution in [0.1, 0.15) is 18.0 Å². The van der Waals surface area contributed by atoms with Gasteiger partial charge in [0.05, 0.1) is 17.1 Å². The van der Waals surface area contributed by atoms with Crippen LogP contribution in [0, 0.1) is 0 Å². The van der Waals surface area contributed by atoms with Crippen molar-refractivity contribution in [2.45, 2.75) is 12.3 Å². The van der Waals surface area contributed by atoms with E-state index >= 15 is 0 Å². The maximum atomic E-state index is 2.53. The Bertz CT molecular complexity index is 3860. The quantitative estimate of drug-likeness (QED) is 0.135. The molecule has 0 saturated carbocycles. The first kappa shape index (κ1) is 39.6. The highest BCUT2D eigenvalue weighted by Gasteiger charge is 2.23. The number of benzene rings is 10. The highest BCUT2D eigenvalue weighted by Crippen LogP contribution is 2.45. The topological polar surface area (TPSA) is 9.86 Å². The van der Waals surface area contributed by atoms with Crippen LogP contribution >= 0.6 is 0 Å². The third kappa shape index (κ3) is 6.81. The highest BCUT2D eigenvalue weighted by molar-refractivity contribution is 6.14. The SMILES string of the molecule is C1=CCC(c2ccc(-c3ccccc3)n2-c2cc(-c3cccc4ccccc34)c3cc4cc(-n5c(-c6ccccc6)ccc5-c5ccccc5)cc(-c5cccc6ccccc56)c4cc3c2)C=C1. The van der Waals surface area contributed by atoms with Gasteiger partial charge in [0.1, 0.15) is 0 Å². The molecule has 0 fully saturated rings. The summed E-state index contributed by atoms with van der Waals surface area (Å²) in [5, 5.41) is 9.73. The smallest absolute Gasteiger partial charge is 0.0535 e. The second-order valence-corrected chi connectivity index (χ2v) is 18.0. The number of allylic oxidation sites excluding steroid dienone is 4. The van der Waals surface area contributed by atoms with Crippen LogP contribution in [0.2, 0.25) is 0 Å². The highest BCUT2D eigenvalue weighted by atomic mass is 15.0. The molecule has 2 heterocycles. The van der Waals surface area contributed by atoms with Gasteiger partial charge in [-0.1, -0.05) is 200 Å². The number of aromatic nitrogens is 2. The lowest BCUT2D eigenvalue weighted by Gasteiger charge is -2.22. The van der Waals surface area contributed by atoms with Gasteiger partial charge in [-0.05, 0) is 149 Å². The van der Waals surface area contributed by atoms with Crippen molar-refractivity contribution < 1.29 is 0 Å². The summed E-state index contributed by atoms with van der Waals surface area (Å²) in [5.74, 6) is 0.248. The molecule has 68 heavy (non-hydrogen) atoms. The van der Waals surface area contributed by atoms with Crippen molar-refractivity contribution in [1.82, 2.24) is 9.13 Å². The van der Waals surface area contributed by atoms with E-state index in [0.717, 1.165) is 29.2 Å². The van der Waals surface area contributed by atoms with Gasteiger partial charge in [-0.25, -0.2) is 0 Å². The monoisotopic (exact) mass is 866 g/mol. The van der Waals surface area contributed by atoms with Crippen LogP contribution in [0.25, 0.3) is 110 Å². The lowest BCUT2D eigenvalue weighted by Crippen LogP contribution is -2.07. The molecular formula is C66H46N2. The van der Waals surface area contributed by atoms with Crippen LogP contribution in [-0.2, 0) is 0 Å². The molecule has 1 aliphatic rings. The third-order valence-corrected chi connectivity index (χ3v) is 14.0. The molecule has 320 valence electrons. The van der Waals surface area contributed by atoms with Crippen LogP contribution in [0.3, 0.4) is 0 Å². The Hall–Kier alpha value is -8.72. The Balaban J connectivity index is 1.15. The fourth-order valence-corrected chi connectivity index (χ4v) is 10.9. The molecule has 12 aromatic rings. The Kier molecular flexibility index (Phi) is 9.68. The molecule has 13 rings (SSSR count). The van der Waals surface area contributed by atoms with Crippen molar-refractivity contribution in [2.75, 3.05) is 0 Å². The minimum Gasteiger partial charge on any atom is -0.313 e. The van der Waals surface area contributed by atoms with E-state index in [4.69, 9.17) is 0 Å². The van der Waals surface area contributed by atoms with E-state index in [9.17, 15) is 0 Å². The Morgan fingerprint density at radius 1 is 0.309 bits per heavy atom. The van der Waals surface area contributed by atoms with Crippen LogP contribution in [-0.4, -0.2) is 9.13 Å². The largest absolute Gasteiger partial charge is 0.313 e. The first-order valence-corrected chi connectivity index (χ1v) is 23.7. The number of hydrogen-bond acceptors (Lipinski definition) is 0. The van der Waals surface area contributed by atoms with Gasteiger partial charge in [0.2, 0.25) is 0 Å². The van der Waals surface area contributed by atoms with Crippen LogP contribution in [0.4, 0.5) is 0 Å². The molecule has 10 aromatic carbocycles. The van der Waals surface area contributed by atoms with Crippen LogP contribution in [0.15, 0.2) is 261 Å². The number of rotatable bonds is 8. The molecule has 0 amide bonds. The molecule has 0 aliphatic heterocycles. The van der Waals surface area contributed by atoms with E-state index in [1.807, 2.05) is 0 Å². The maximum absolute atomic E-state index is 2.53. The van der Waals surface area contributed by atoms with Crippen molar-refractivity contribution in [1.29, 1.82) is 0 Å². The molecular weight excluding hydrogens is 821 g/mol. The summed E-state index contributed by atoms with van der Waals surface area (Å²) in [6.45, 7) is 0. The number of hydrogen-bond donors (Lipinski definition) is 0. The molecule has 0 bridgehead atoms. The molecule has 0 N–H and O–H groups in total. The van der Waals surface area contributed by atoms with Gasteiger partial charge < -0.3 is 9.13 Å². The van der Waals surface area contributed by atoms with E-state index in [1.165, 1.54) is 93.4 Å². The molecule has 2 aromatic heterocycles. The minimum absolute atomic E-state index is 0.248. The first-order chi connectivity index (χ1) is 33.7. The first-order valence-electron chi connectivity index (χ1n) is 23.7. The summed E-state index contributed by atoms with van der Waals surface area (Å²) in [4.78, 5) is 0. The minimum atomic E-state index is 0.248. The number of fused-ring (bicyclic) bond motifs is 4. The predicted molar refractivity (Wildman–Crippen MR) is 288 cm³/mol. The average molecular weight is 867 g/mol. The summed E-state index contributed by atoms with van der Waals surface area (Å²) >= 11 is 0. The lowest BCUT2D eigenvalue weighted by atomic mass is 9.88. The summed E-state index contributed by atoms with van der Waals surface area (Å²) in [5.41, 5.74) is 15.4. The van der Waals surface area contributed by atoms with Crippen molar-refractivity contribution in [2.24, 2.45) is 0 Å². The maximum Gasteiger partial charge on any atom is 0.0535 e. The average Bonchev–Trinajstić information content (AvgIpc) is 4.07. The van der Waals surface area contributed by atoms with Crippen molar-refractivity contribution in [3.05, 3.63) is 267 Å². The fourth-order valence-electron chi connectivity index (χ4n) is 10.9. The zero-order valence-corrected chi connectivity index (χ0v) is 37.5. The Morgan fingerprint density at radius 2 is 0.750 bits per heavy atom. The second kappa shape index (κ2) is 16.6. The normalized spacial score (nSPS) is 13.6. The zero-order valence-electron chi connectivity index (χ0n) is 37.5. The van der Waals surface area contributed by atoms with E-state index < -0.39 is 0 Å². The summed E-state index contributed by atoms with van der Waals surface area (Å²) < 4.78 is 4.99. The second-order valence-electron chi connectivity index (χ2n) is 18.0. The van der Waals surface area contributed by atoms with Crippen molar-refractivity contribution in [3.63, 3.8) is 0 Å². The van der Waals surface area contributed by atoms with E-state index in [1.54, 1.807) is 0 Å². The fraction of sp³-hybridized carbons (Fsp3) is 0.0303. The van der Waals surface area contributed by atoms with Crippen molar-refractivity contribution in [3.8, 4) is 67.4 Å². The zero-order chi connectivity index (χ0) is 45.0. The van der Waals surface area contributed by atoms with E-state index in [2.05, 4.69) is 270 Å². The summed E-state index contributed by atoms with van der Waals surface area (Å²) in [6, 6.07) is 87.5. The predicted octanol–water partition coefficient (Wildman–Crippen LogP) is 17.8. The molecule has 0 spiro atoms. The molecule has 2 heteroatoms. The Labute approximate surface area is 396 Å². The molecule has 0 radical (unpaired) electrons. The van der Waals surface area contributed by atoms with Gasteiger partial charge in [-0.3, -0.25) is 0 Å². The van der Waals surface area contributed by atoms with Gasteiger partial charge in [0.15, 0.2) is 0 Å². The van der Waals surface area contributed by atoms with Gasteiger partial charge in [0, 0.05) is 23.0 Å². The molecule has 2 nitrogen and oxygen atoms in total. The lowest BCUT2D eigenvalue weighted by molar-refractivity contribution is 0.787.